The Balaban J connectivity index is 0.00000154. The number of benzene rings is 1. The van der Waals surface area contributed by atoms with E-state index in [0.717, 1.165) is 12.2 Å². The van der Waals surface area contributed by atoms with E-state index in [1.165, 1.54) is 12.5 Å². The normalized spacial score (nSPS) is 11.5. The van der Waals surface area contributed by atoms with Crippen molar-refractivity contribution in [3.05, 3.63) is 29.8 Å². The molecule has 0 spiro atoms. The van der Waals surface area contributed by atoms with Crippen LogP contribution in [0, 0.1) is 0 Å². The van der Waals surface area contributed by atoms with Gasteiger partial charge in [-0.15, -0.1) is 0 Å². The van der Waals surface area contributed by atoms with Crippen LogP contribution in [0.25, 0.3) is 0 Å². The van der Waals surface area contributed by atoms with E-state index in [1.54, 1.807) is 0 Å². The number of carbonyl (C=O) groups is 1. The van der Waals surface area contributed by atoms with Crippen LogP contribution >= 0.6 is 0 Å². The molecule has 0 radical (unpaired) electrons. The molecule has 0 aliphatic rings. The fraction of sp³-hybridized carbons (Fsp3) is 0.533. The molecule has 0 heterocycles. The van der Waals surface area contributed by atoms with E-state index in [4.69, 9.17) is 0 Å². The third-order valence-corrected chi connectivity index (χ3v) is 2.61. The molecule has 0 fully saturated rings. The maximum atomic E-state index is 11.0. The number of amides is 1. The second kappa shape index (κ2) is 9.53. The van der Waals surface area contributed by atoms with Crippen LogP contribution in [-0.2, 0) is 4.79 Å². The summed E-state index contributed by atoms with van der Waals surface area (Å²) in [4.78, 5) is 13.2. The fourth-order valence-corrected chi connectivity index (χ4v) is 1.82. The van der Waals surface area contributed by atoms with Crippen LogP contribution < -0.4 is 10.6 Å². The van der Waals surface area contributed by atoms with Gasteiger partial charge >= 0.3 is 0 Å². The molecule has 1 aromatic rings. The number of rotatable bonds is 5. The SMILES string of the molecule is CC.CNCC(c1cccc(NC(C)=O)c1)N(C)C. The van der Waals surface area contributed by atoms with E-state index in [0.29, 0.717) is 6.04 Å². The van der Waals surface area contributed by atoms with Gasteiger partial charge in [-0.3, -0.25) is 4.79 Å². The predicted octanol–water partition coefficient (Wildman–Crippen LogP) is 2.49. The van der Waals surface area contributed by atoms with Crippen LogP contribution in [0.3, 0.4) is 0 Å². The van der Waals surface area contributed by atoms with Crippen LogP contribution in [0.2, 0.25) is 0 Å². The molecule has 0 bridgehead atoms. The number of hydrogen-bond acceptors (Lipinski definition) is 3. The number of carbonyl (C=O) groups excluding carboxylic acids is 1. The first-order valence-corrected chi connectivity index (χ1v) is 6.73. The standard InChI is InChI=1S/C13H21N3O.C2H6/c1-10(17)15-12-7-5-6-11(8-12)13(9-14-2)16(3)4;1-2/h5-8,13-14H,9H2,1-4H3,(H,15,17);1-2H3. The summed E-state index contributed by atoms with van der Waals surface area (Å²) in [6.45, 7) is 6.39. The maximum Gasteiger partial charge on any atom is 0.221 e. The second-order valence-electron chi connectivity index (χ2n) is 4.34. The van der Waals surface area contributed by atoms with Crippen molar-refractivity contribution in [3.8, 4) is 0 Å². The molecule has 1 aromatic carbocycles. The lowest BCUT2D eigenvalue weighted by atomic mass is 10.1. The molecule has 108 valence electrons. The Morgan fingerprint density at radius 2 is 1.95 bits per heavy atom. The quantitative estimate of drug-likeness (QED) is 0.859. The highest BCUT2D eigenvalue weighted by atomic mass is 16.1. The van der Waals surface area contributed by atoms with Crippen LogP contribution in [0.1, 0.15) is 32.4 Å². The molecule has 1 unspecified atom stereocenters. The van der Waals surface area contributed by atoms with Gasteiger partial charge < -0.3 is 15.5 Å². The highest BCUT2D eigenvalue weighted by Crippen LogP contribution is 2.20. The van der Waals surface area contributed by atoms with Crippen molar-refractivity contribution >= 4 is 11.6 Å². The lowest BCUT2D eigenvalue weighted by Gasteiger charge is -2.25. The number of nitrogens with one attached hydrogen (secondary N) is 2. The average molecular weight is 265 g/mol. The van der Waals surface area contributed by atoms with Crippen molar-refractivity contribution in [3.63, 3.8) is 0 Å². The molecule has 4 heteroatoms. The summed E-state index contributed by atoms with van der Waals surface area (Å²) < 4.78 is 0. The zero-order valence-corrected chi connectivity index (χ0v) is 12.9. The predicted molar refractivity (Wildman–Crippen MR) is 82.4 cm³/mol. The number of nitrogens with zero attached hydrogens (tertiary/aromatic N) is 1. The van der Waals surface area contributed by atoms with Crippen LogP contribution in [-0.4, -0.2) is 38.5 Å². The van der Waals surface area contributed by atoms with E-state index >= 15 is 0 Å². The Labute approximate surface area is 117 Å². The van der Waals surface area contributed by atoms with Gasteiger partial charge in [-0.1, -0.05) is 26.0 Å². The number of anilines is 1. The van der Waals surface area contributed by atoms with Crippen molar-refractivity contribution in [2.75, 3.05) is 33.0 Å². The molecule has 2 N–H and O–H groups in total. The molecule has 4 nitrogen and oxygen atoms in total. The fourth-order valence-electron chi connectivity index (χ4n) is 1.82. The number of likely N-dealkylation sites (N-methyl/N-ethyl adjacent to an activating group) is 2. The average Bonchev–Trinajstić information content (AvgIpc) is 2.37. The summed E-state index contributed by atoms with van der Waals surface area (Å²) in [5, 5.41) is 5.98. The summed E-state index contributed by atoms with van der Waals surface area (Å²) in [6.07, 6.45) is 0. The van der Waals surface area contributed by atoms with Gasteiger partial charge in [0, 0.05) is 25.2 Å². The lowest BCUT2D eigenvalue weighted by molar-refractivity contribution is -0.114. The summed E-state index contributed by atoms with van der Waals surface area (Å²) >= 11 is 0. The third-order valence-electron chi connectivity index (χ3n) is 2.61. The van der Waals surface area contributed by atoms with Gasteiger partial charge in [0.05, 0.1) is 0 Å². The molecule has 0 saturated carbocycles. The molecular formula is C15H27N3O. The minimum Gasteiger partial charge on any atom is -0.326 e. The van der Waals surface area contributed by atoms with E-state index in [1.807, 2.05) is 53.2 Å². The number of hydrogen-bond donors (Lipinski definition) is 2. The first-order chi connectivity index (χ1) is 9.04. The van der Waals surface area contributed by atoms with Gasteiger partial charge in [0.15, 0.2) is 0 Å². The first kappa shape index (κ1) is 17.6. The molecule has 1 amide bonds. The highest BCUT2D eigenvalue weighted by molar-refractivity contribution is 5.88. The Kier molecular flexibility index (Phi) is 8.83. The van der Waals surface area contributed by atoms with E-state index < -0.39 is 0 Å². The minimum atomic E-state index is -0.0443. The van der Waals surface area contributed by atoms with E-state index in [2.05, 4.69) is 21.6 Å². The molecule has 1 atom stereocenters. The smallest absolute Gasteiger partial charge is 0.221 e. The lowest BCUT2D eigenvalue weighted by Crippen LogP contribution is -2.29. The summed E-state index contributed by atoms with van der Waals surface area (Å²) in [6, 6.07) is 8.26. The van der Waals surface area contributed by atoms with E-state index in [-0.39, 0.29) is 5.91 Å². The highest BCUT2D eigenvalue weighted by Gasteiger charge is 2.13. The van der Waals surface area contributed by atoms with Crippen LogP contribution in [0.15, 0.2) is 24.3 Å². The Morgan fingerprint density at radius 1 is 1.32 bits per heavy atom. The summed E-state index contributed by atoms with van der Waals surface area (Å²) in [7, 11) is 6.04. The largest absolute Gasteiger partial charge is 0.326 e. The van der Waals surface area contributed by atoms with Crippen molar-refractivity contribution in [2.45, 2.75) is 26.8 Å². The molecule has 19 heavy (non-hydrogen) atoms. The first-order valence-electron chi connectivity index (χ1n) is 6.73. The van der Waals surface area contributed by atoms with Gasteiger partial charge in [-0.25, -0.2) is 0 Å². The topological polar surface area (TPSA) is 44.4 Å². The minimum absolute atomic E-state index is 0.0443. The monoisotopic (exact) mass is 265 g/mol. The summed E-state index contributed by atoms with van der Waals surface area (Å²) in [5.41, 5.74) is 2.04. The van der Waals surface area contributed by atoms with Crippen molar-refractivity contribution < 1.29 is 4.79 Å². The Morgan fingerprint density at radius 3 is 2.42 bits per heavy atom. The zero-order valence-electron chi connectivity index (χ0n) is 12.9. The third kappa shape index (κ3) is 6.36. The van der Waals surface area contributed by atoms with Gasteiger partial charge in [0.25, 0.3) is 0 Å². The Hall–Kier alpha value is -1.39. The van der Waals surface area contributed by atoms with Gasteiger partial charge in [0.1, 0.15) is 0 Å². The van der Waals surface area contributed by atoms with Gasteiger partial charge in [-0.05, 0) is 38.8 Å². The summed E-state index contributed by atoms with van der Waals surface area (Å²) in [5.74, 6) is -0.0443. The van der Waals surface area contributed by atoms with Crippen molar-refractivity contribution in [1.29, 1.82) is 0 Å². The zero-order chi connectivity index (χ0) is 14.8. The van der Waals surface area contributed by atoms with E-state index in [9.17, 15) is 4.79 Å². The molecule has 1 rings (SSSR count). The molecular weight excluding hydrogens is 238 g/mol. The van der Waals surface area contributed by atoms with Crippen LogP contribution in [0.4, 0.5) is 5.69 Å². The molecule has 0 aromatic heterocycles. The van der Waals surface area contributed by atoms with Gasteiger partial charge in [0.2, 0.25) is 5.91 Å². The maximum absolute atomic E-state index is 11.0. The second-order valence-corrected chi connectivity index (χ2v) is 4.34. The van der Waals surface area contributed by atoms with Crippen molar-refractivity contribution in [1.82, 2.24) is 10.2 Å². The van der Waals surface area contributed by atoms with Crippen molar-refractivity contribution in [2.24, 2.45) is 0 Å². The Bertz CT molecular complexity index is 377. The van der Waals surface area contributed by atoms with Crippen LogP contribution in [0.5, 0.6) is 0 Å². The molecule has 0 aliphatic carbocycles. The van der Waals surface area contributed by atoms with Gasteiger partial charge in [-0.2, -0.15) is 0 Å². The molecule has 0 saturated heterocycles. The molecule has 0 aliphatic heterocycles.